The van der Waals surface area contributed by atoms with Crippen molar-refractivity contribution in [1.82, 2.24) is 14.5 Å². The second-order valence-corrected chi connectivity index (χ2v) is 15.2. The average molecular weight is 758 g/mol. The molecule has 4 aromatic carbocycles. The van der Waals surface area contributed by atoms with Gasteiger partial charge in [0.1, 0.15) is 9.92 Å². The Balaban J connectivity index is 1.32. The van der Waals surface area contributed by atoms with E-state index in [9.17, 15) is 32.5 Å². The van der Waals surface area contributed by atoms with E-state index in [1.165, 1.54) is 44.6 Å². The average Bonchev–Trinajstić information content (AvgIpc) is 3.54. The molecule has 17 heteroatoms. The largest absolute Gasteiger partial charge is 0.493 e. The number of aliphatic carboxylic acids is 1. The van der Waals surface area contributed by atoms with Crippen LogP contribution in [0.3, 0.4) is 0 Å². The van der Waals surface area contributed by atoms with Gasteiger partial charge in [-0.05, 0) is 41.0 Å². The van der Waals surface area contributed by atoms with Crippen LogP contribution in [-0.4, -0.2) is 68.1 Å². The van der Waals surface area contributed by atoms with Gasteiger partial charge in [0.2, 0.25) is 0 Å². The van der Waals surface area contributed by atoms with Gasteiger partial charge < -0.3 is 28.9 Å². The van der Waals surface area contributed by atoms with Crippen molar-refractivity contribution in [3.05, 3.63) is 119 Å². The van der Waals surface area contributed by atoms with E-state index >= 15 is 0 Å². The lowest BCUT2D eigenvalue weighted by atomic mass is 10.1. The van der Waals surface area contributed by atoms with E-state index in [0.717, 1.165) is 17.2 Å². The molecule has 1 saturated heterocycles. The Bertz CT molecular complexity index is 2010. The summed E-state index contributed by atoms with van der Waals surface area (Å²) in [5.74, 6) is -1.39. The molecule has 0 bridgehead atoms. The number of rotatable bonds is 14. The highest BCUT2D eigenvalue weighted by atomic mass is 35.5. The molecule has 14 nitrogen and oxygen atoms in total. The van der Waals surface area contributed by atoms with E-state index in [4.69, 9.17) is 30.1 Å². The zero-order valence-corrected chi connectivity index (χ0v) is 29.8. The molecular weight excluding hydrogens is 725 g/mol. The molecule has 1 heterocycles. The van der Waals surface area contributed by atoms with E-state index in [0.29, 0.717) is 9.21 Å². The monoisotopic (exact) mass is 757 g/mol. The Hall–Kier alpha value is -4.92. The van der Waals surface area contributed by atoms with Crippen molar-refractivity contribution in [2.75, 3.05) is 27.3 Å². The molecule has 1 atom stereocenters. The summed E-state index contributed by atoms with van der Waals surface area (Å²) >= 11 is 6.29. The van der Waals surface area contributed by atoms with Gasteiger partial charge in [-0.3, -0.25) is 4.57 Å². The predicted molar refractivity (Wildman–Crippen MR) is 186 cm³/mol. The lowest BCUT2D eigenvalue weighted by Crippen LogP contribution is -2.46. The summed E-state index contributed by atoms with van der Waals surface area (Å²) in [4.78, 5) is 38.9. The van der Waals surface area contributed by atoms with E-state index in [1.807, 2.05) is 36.4 Å². The molecule has 1 aliphatic heterocycles. The van der Waals surface area contributed by atoms with E-state index < -0.39 is 53.1 Å². The van der Waals surface area contributed by atoms with Gasteiger partial charge in [0.15, 0.2) is 17.5 Å². The minimum atomic E-state index is -4.58. The molecule has 1 fully saturated rings. The molecule has 0 spiro atoms. The van der Waals surface area contributed by atoms with E-state index in [2.05, 4.69) is 5.32 Å². The van der Waals surface area contributed by atoms with E-state index in [-0.39, 0.29) is 47.1 Å². The van der Waals surface area contributed by atoms with Crippen molar-refractivity contribution < 1.29 is 51.0 Å². The fourth-order valence-electron chi connectivity index (χ4n) is 5.11. The third-order valence-electron chi connectivity index (χ3n) is 7.78. The van der Waals surface area contributed by atoms with Crippen molar-refractivity contribution in [1.29, 1.82) is 0 Å². The maximum absolute atomic E-state index is 14.1. The number of carbonyl (C=O) groups excluding carboxylic acids is 2. The van der Waals surface area contributed by atoms with Gasteiger partial charge in [-0.1, -0.05) is 84.4 Å². The summed E-state index contributed by atoms with van der Waals surface area (Å²) in [5.41, 5.74) is 1.56. The van der Waals surface area contributed by atoms with Crippen LogP contribution in [0, 0.1) is 0 Å². The van der Waals surface area contributed by atoms with Gasteiger partial charge in [-0.25, -0.2) is 32.0 Å². The zero-order chi connectivity index (χ0) is 36.8. The summed E-state index contributed by atoms with van der Waals surface area (Å²) in [5, 5.41) is 12.1. The minimum Gasteiger partial charge on any atom is -0.493 e. The molecule has 0 aromatic heterocycles. The van der Waals surface area contributed by atoms with Crippen molar-refractivity contribution in [2.45, 2.75) is 24.2 Å². The maximum Gasteiger partial charge on any atom is 0.361 e. The van der Waals surface area contributed by atoms with Crippen LogP contribution in [0.25, 0.3) is 0 Å². The van der Waals surface area contributed by atoms with Crippen LogP contribution >= 0.6 is 19.2 Å². The first-order valence-corrected chi connectivity index (χ1v) is 18.6. The summed E-state index contributed by atoms with van der Waals surface area (Å²) < 4.78 is 63.4. The minimum absolute atomic E-state index is 0.0305. The Morgan fingerprint density at radius 1 is 0.863 bits per heavy atom. The molecule has 51 heavy (non-hydrogen) atoms. The number of imide groups is 1. The number of carbonyl (C=O) groups is 3. The number of halogens is 1. The topological polar surface area (TPSA) is 178 Å². The Labute approximate surface area is 299 Å². The first-order valence-electron chi connectivity index (χ1n) is 15.2. The maximum atomic E-state index is 14.1. The first-order chi connectivity index (χ1) is 24.4. The number of methoxy groups -OCH3 is 2. The van der Waals surface area contributed by atoms with Crippen molar-refractivity contribution in [3.8, 4) is 11.5 Å². The van der Waals surface area contributed by atoms with Crippen LogP contribution in [0.15, 0.2) is 102 Å². The third-order valence-corrected chi connectivity index (χ3v) is 12.0. The predicted octanol–water partition coefficient (Wildman–Crippen LogP) is 5.57. The van der Waals surface area contributed by atoms with Crippen molar-refractivity contribution in [3.63, 3.8) is 0 Å². The number of amides is 4. The SMILES string of the molecule is COc1ccc(S(=O)(=O)N2CCN(C(=O)NC(C(=O)O)c3ccc(P(=O)(OCc4ccccc4)OCc4ccccc4)cc3)C2=O)c(Cl)c1OC. The summed E-state index contributed by atoms with van der Waals surface area (Å²) in [7, 11) is -5.94. The molecule has 2 N–H and O–H groups in total. The van der Waals surface area contributed by atoms with Crippen molar-refractivity contribution in [2.24, 2.45) is 0 Å². The molecule has 1 aliphatic rings. The number of hydrogen-bond donors (Lipinski definition) is 2. The van der Waals surface area contributed by atoms with Gasteiger partial charge in [-0.2, -0.15) is 0 Å². The Morgan fingerprint density at radius 3 is 1.94 bits per heavy atom. The quantitative estimate of drug-likeness (QED) is 0.154. The highest BCUT2D eigenvalue weighted by Gasteiger charge is 2.43. The normalized spacial score (nSPS) is 13.9. The molecular formula is C34H33ClN3O11PS. The fourth-order valence-corrected chi connectivity index (χ4v) is 8.58. The van der Waals surface area contributed by atoms with Gasteiger partial charge in [0.25, 0.3) is 10.0 Å². The first kappa shape index (κ1) is 37.3. The van der Waals surface area contributed by atoms with Gasteiger partial charge in [0.05, 0.1) is 45.8 Å². The van der Waals surface area contributed by atoms with E-state index in [1.54, 1.807) is 24.3 Å². The Kier molecular flexibility index (Phi) is 11.7. The number of sulfonamides is 1. The molecule has 1 unspecified atom stereocenters. The molecule has 4 amide bonds. The second-order valence-electron chi connectivity index (χ2n) is 11.0. The lowest BCUT2D eigenvalue weighted by molar-refractivity contribution is -0.139. The number of urea groups is 2. The number of carboxylic acid groups (broad SMARTS) is 1. The number of nitrogens with one attached hydrogen (secondary N) is 1. The number of benzene rings is 4. The van der Waals surface area contributed by atoms with Crippen LogP contribution in [0.1, 0.15) is 22.7 Å². The van der Waals surface area contributed by atoms with Crippen LogP contribution in [0.5, 0.6) is 11.5 Å². The number of hydrogen-bond acceptors (Lipinski definition) is 10. The third kappa shape index (κ3) is 8.19. The summed E-state index contributed by atoms with van der Waals surface area (Å²) in [6.07, 6.45) is 0. The summed E-state index contributed by atoms with van der Waals surface area (Å²) in [6.45, 7) is -0.859. The second kappa shape index (κ2) is 16.0. The number of nitrogens with zero attached hydrogens (tertiary/aromatic N) is 2. The van der Waals surface area contributed by atoms with Crippen LogP contribution < -0.4 is 20.1 Å². The van der Waals surface area contributed by atoms with Gasteiger partial charge >= 0.3 is 25.6 Å². The molecule has 0 aliphatic carbocycles. The highest BCUT2D eigenvalue weighted by Crippen LogP contribution is 2.49. The zero-order valence-electron chi connectivity index (χ0n) is 27.3. The van der Waals surface area contributed by atoms with Gasteiger partial charge in [0, 0.05) is 0 Å². The highest BCUT2D eigenvalue weighted by molar-refractivity contribution is 7.89. The molecule has 5 rings (SSSR count). The van der Waals surface area contributed by atoms with Crippen LogP contribution in [-0.2, 0) is 41.6 Å². The molecule has 0 saturated carbocycles. The smallest absolute Gasteiger partial charge is 0.361 e. The summed E-state index contributed by atoms with van der Waals surface area (Å²) in [6, 6.07) is 21.9. The lowest BCUT2D eigenvalue weighted by Gasteiger charge is -2.22. The number of carboxylic acids is 1. The van der Waals surface area contributed by atoms with Crippen molar-refractivity contribution >= 4 is 52.6 Å². The van der Waals surface area contributed by atoms with Crippen LogP contribution in [0.2, 0.25) is 5.02 Å². The molecule has 4 aromatic rings. The van der Waals surface area contributed by atoms with Gasteiger partial charge in [-0.15, -0.1) is 0 Å². The Morgan fingerprint density at radius 2 is 1.43 bits per heavy atom. The molecule has 0 radical (unpaired) electrons. The standard InChI is InChI=1S/C34H33ClN3O11PS/c1-46-27-17-18-28(29(35)31(27)47-2)51(44,45)38-20-19-37(34(38)42)33(41)36-30(32(39)40)25-13-15-26(16-14-25)50(43,48-21-23-9-5-3-6-10-23)49-22-24-11-7-4-8-12-24/h3-18,30H,19-22H2,1-2H3,(H,36,41)(H,39,40). The molecule has 268 valence electrons. The van der Waals surface area contributed by atoms with Crippen LogP contribution in [0.4, 0.5) is 9.59 Å². The fraction of sp³-hybridized carbons (Fsp3) is 0.206. The number of ether oxygens (including phenoxy) is 2.